The monoisotopic (exact) mass is 367 g/mol. The number of esters is 1. The molecule has 0 saturated heterocycles. The summed E-state index contributed by atoms with van der Waals surface area (Å²) in [6, 6.07) is 7.21. The minimum absolute atomic E-state index is 0.136. The minimum atomic E-state index is -0.666. The molecule has 0 saturated carbocycles. The fraction of sp³-hybridized carbons (Fsp3) is 0.375. The summed E-state index contributed by atoms with van der Waals surface area (Å²) >= 11 is 3.39. The molecule has 2 aromatic rings. The molecule has 1 aromatic heterocycles. The quantitative estimate of drug-likeness (QED) is 0.739. The van der Waals surface area contributed by atoms with E-state index in [9.17, 15) is 9.59 Å². The third kappa shape index (κ3) is 3.16. The molecule has 0 radical (unpaired) electrons. The Morgan fingerprint density at radius 3 is 2.45 bits per heavy atom. The zero-order valence-electron chi connectivity index (χ0n) is 13.0. The lowest BCUT2D eigenvalue weighted by molar-refractivity contribution is 0.0453. The highest BCUT2D eigenvalue weighted by Crippen LogP contribution is 2.32. The molecule has 5 nitrogen and oxygen atoms in total. The number of carbonyl (C=O) groups excluding carboxylic acids is 2. The molecule has 1 heterocycles. The second kappa shape index (κ2) is 6.12. The van der Waals surface area contributed by atoms with E-state index in [1.165, 1.54) is 4.57 Å². The van der Waals surface area contributed by atoms with Crippen molar-refractivity contribution >= 4 is 38.9 Å². The smallest absolute Gasteiger partial charge is 0.419 e. The minimum Gasteiger partial charge on any atom is -0.461 e. The number of aromatic nitrogens is 1. The lowest BCUT2D eigenvalue weighted by Gasteiger charge is -2.20. The summed E-state index contributed by atoms with van der Waals surface area (Å²) in [4.78, 5) is 24.8. The molecular weight excluding hydrogens is 350 g/mol. The molecule has 0 unspecified atom stereocenters. The van der Waals surface area contributed by atoms with E-state index in [-0.39, 0.29) is 12.3 Å². The van der Waals surface area contributed by atoms with Gasteiger partial charge in [0.2, 0.25) is 0 Å². The van der Waals surface area contributed by atoms with Crippen LogP contribution in [-0.4, -0.2) is 28.8 Å². The van der Waals surface area contributed by atoms with Crippen LogP contribution >= 0.6 is 15.9 Å². The molecule has 0 aliphatic rings. The molecule has 0 aliphatic carbocycles. The highest BCUT2D eigenvalue weighted by Gasteiger charge is 2.28. The number of fused-ring (bicyclic) bond motifs is 1. The first-order chi connectivity index (χ1) is 10.3. The van der Waals surface area contributed by atoms with Gasteiger partial charge in [-0.2, -0.15) is 0 Å². The third-order valence-corrected chi connectivity index (χ3v) is 3.66. The van der Waals surface area contributed by atoms with Gasteiger partial charge in [0.05, 0.1) is 16.6 Å². The van der Waals surface area contributed by atoms with E-state index >= 15 is 0 Å². The first-order valence-corrected chi connectivity index (χ1v) is 7.75. The number of hydrogen-bond acceptors (Lipinski definition) is 4. The Morgan fingerprint density at radius 1 is 1.23 bits per heavy atom. The Labute approximate surface area is 137 Å². The molecule has 0 spiro atoms. The fourth-order valence-electron chi connectivity index (χ4n) is 2.08. The number of nitrogens with zero attached hydrogens (tertiary/aromatic N) is 1. The summed E-state index contributed by atoms with van der Waals surface area (Å²) < 4.78 is 12.2. The van der Waals surface area contributed by atoms with Gasteiger partial charge in [-0.1, -0.05) is 18.2 Å². The first kappa shape index (κ1) is 16.5. The fourth-order valence-corrected chi connectivity index (χ4v) is 2.75. The SMILES string of the molecule is CCOC(=O)c1c(Br)c2ccccc2n1C(=O)OC(C)(C)C. The van der Waals surface area contributed by atoms with Gasteiger partial charge in [0, 0.05) is 5.39 Å². The third-order valence-electron chi connectivity index (χ3n) is 2.86. The van der Waals surface area contributed by atoms with Gasteiger partial charge in [-0.3, -0.25) is 0 Å². The molecule has 0 bridgehead atoms. The molecule has 0 fully saturated rings. The molecule has 1 aromatic carbocycles. The van der Waals surface area contributed by atoms with Gasteiger partial charge in [0.1, 0.15) is 5.60 Å². The molecule has 0 atom stereocenters. The van der Waals surface area contributed by atoms with Crippen molar-refractivity contribution in [2.45, 2.75) is 33.3 Å². The summed E-state index contributed by atoms with van der Waals surface area (Å²) in [5, 5.41) is 0.747. The Balaban J connectivity index is 2.66. The van der Waals surface area contributed by atoms with E-state index < -0.39 is 17.7 Å². The summed E-state index contributed by atoms with van der Waals surface area (Å²) in [7, 11) is 0. The molecule has 6 heteroatoms. The second-order valence-corrected chi connectivity index (χ2v) is 6.51. The van der Waals surface area contributed by atoms with Crippen LogP contribution < -0.4 is 0 Å². The molecule has 0 amide bonds. The highest BCUT2D eigenvalue weighted by molar-refractivity contribution is 9.10. The summed E-state index contributed by atoms with van der Waals surface area (Å²) in [5.74, 6) is -0.573. The van der Waals surface area contributed by atoms with Crippen LogP contribution in [0.5, 0.6) is 0 Å². The maximum atomic E-state index is 12.5. The summed E-state index contributed by atoms with van der Waals surface area (Å²) in [6.07, 6.45) is -0.613. The van der Waals surface area contributed by atoms with Crippen molar-refractivity contribution in [2.24, 2.45) is 0 Å². The molecule has 22 heavy (non-hydrogen) atoms. The van der Waals surface area contributed by atoms with Crippen molar-refractivity contribution in [1.29, 1.82) is 0 Å². The lowest BCUT2D eigenvalue weighted by atomic mass is 10.2. The average Bonchev–Trinajstić information content (AvgIpc) is 2.71. The van der Waals surface area contributed by atoms with E-state index in [2.05, 4.69) is 15.9 Å². The Morgan fingerprint density at radius 2 is 1.86 bits per heavy atom. The number of rotatable bonds is 2. The van der Waals surface area contributed by atoms with E-state index in [4.69, 9.17) is 9.47 Å². The van der Waals surface area contributed by atoms with Gasteiger partial charge in [0.15, 0.2) is 5.69 Å². The van der Waals surface area contributed by atoms with Crippen LogP contribution in [0, 0.1) is 0 Å². The highest BCUT2D eigenvalue weighted by atomic mass is 79.9. The predicted octanol–water partition coefficient (Wildman–Crippen LogP) is 4.36. The van der Waals surface area contributed by atoms with Crippen molar-refractivity contribution in [1.82, 2.24) is 4.57 Å². The summed E-state index contributed by atoms with van der Waals surface area (Å²) in [6.45, 7) is 7.26. The van der Waals surface area contributed by atoms with Crippen LogP contribution in [0.2, 0.25) is 0 Å². The number of hydrogen-bond donors (Lipinski definition) is 0. The maximum absolute atomic E-state index is 12.5. The normalized spacial score (nSPS) is 11.5. The van der Waals surface area contributed by atoms with Crippen LogP contribution in [0.4, 0.5) is 4.79 Å². The topological polar surface area (TPSA) is 57.5 Å². The van der Waals surface area contributed by atoms with E-state index in [1.807, 2.05) is 12.1 Å². The van der Waals surface area contributed by atoms with Gasteiger partial charge in [-0.25, -0.2) is 14.2 Å². The van der Waals surface area contributed by atoms with Crippen LogP contribution in [0.15, 0.2) is 28.7 Å². The van der Waals surface area contributed by atoms with E-state index in [1.54, 1.807) is 39.8 Å². The number of ether oxygens (including phenoxy) is 2. The zero-order chi connectivity index (χ0) is 16.5. The van der Waals surface area contributed by atoms with Crippen molar-refractivity contribution in [3.8, 4) is 0 Å². The van der Waals surface area contributed by atoms with Gasteiger partial charge in [-0.05, 0) is 49.7 Å². The van der Waals surface area contributed by atoms with Crippen molar-refractivity contribution in [2.75, 3.05) is 6.61 Å². The van der Waals surface area contributed by atoms with Crippen LogP contribution in [0.3, 0.4) is 0 Å². The van der Waals surface area contributed by atoms with Gasteiger partial charge in [-0.15, -0.1) is 0 Å². The van der Waals surface area contributed by atoms with E-state index in [0.29, 0.717) is 9.99 Å². The van der Waals surface area contributed by atoms with E-state index in [0.717, 1.165) is 5.39 Å². The van der Waals surface area contributed by atoms with Crippen LogP contribution in [0.25, 0.3) is 10.9 Å². The predicted molar refractivity (Wildman–Crippen MR) is 87.2 cm³/mol. The van der Waals surface area contributed by atoms with Gasteiger partial charge >= 0.3 is 12.1 Å². The maximum Gasteiger partial charge on any atom is 0.419 e. The summed E-state index contributed by atoms with van der Waals surface area (Å²) in [5.41, 5.74) is 0.0601. The van der Waals surface area contributed by atoms with Gasteiger partial charge in [0.25, 0.3) is 0 Å². The number of para-hydroxylation sites is 1. The number of benzene rings is 1. The first-order valence-electron chi connectivity index (χ1n) is 6.95. The largest absolute Gasteiger partial charge is 0.461 e. The second-order valence-electron chi connectivity index (χ2n) is 5.72. The molecule has 0 N–H and O–H groups in total. The molecule has 2 rings (SSSR count). The average molecular weight is 368 g/mol. The molecular formula is C16H18BrNO4. The number of halogens is 1. The van der Waals surface area contributed by atoms with Crippen molar-refractivity contribution in [3.63, 3.8) is 0 Å². The van der Waals surface area contributed by atoms with Crippen molar-refractivity contribution in [3.05, 3.63) is 34.4 Å². The Bertz CT molecular complexity index is 728. The standard InChI is InChI=1S/C16H18BrNO4/c1-5-21-14(19)13-12(17)10-8-6-7-9-11(10)18(13)15(20)22-16(2,3)4/h6-9H,5H2,1-4H3. The zero-order valence-corrected chi connectivity index (χ0v) is 14.6. The lowest BCUT2D eigenvalue weighted by Crippen LogP contribution is -2.29. The Hall–Kier alpha value is -1.82. The van der Waals surface area contributed by atoms with Crippen molar-refractivity contribution < 1.29 is 19.1 Å². The Kier molecular flexibility index (Phi) is 4.60. The van der Waals surface area contributed by atoms with Gasteiger partial charge < -0.3 is 9.47 Å². The van der Waals surface area contributed by atoms with Crippen LogP contribution in [-0.2, 0) is 9.47 Å². The molecule has 118 valence electrons. The molecule has 0 aliphatic heterocycles. The number of carbonyl (C=O) groups is 2. The van der Waals surface area contributed by atoms with Crippen LogP contribution in [0.1, 0.15) is 38.2 Å².